The Morgan fingerprint density at radius 1 is 0.881 bits per heavy atom. The van der Waals surface area contributed by atoms with Gasteiger partial charge in [-0.1, -0.05) is 78.3 Å². The summed E-state index contributed by atoms with van der Waals surface area (Å²) in [4.78, 5) is 13.1. The number of carbonyl (C=O) groups excluding carboxylic acids is 1. The van der Waals surface area contributed by atoms with Crippen LogP contribution in [0.25, 0.3) is 27.7 Å². The Hall–Kier alpha value is -5.20. The van der Waals surface area contributed by atoms with Crippen LogP contribution in [0.5, 0.6) is 5.75 Å². The van der Waals surface area contributed by atoms with Crippen molar-refractivity contribution in [1.82, 2.24) is 15.2 Å². The van der Waals surface area contributed by atoms with Crippen LogP contribution in [0, 0.1) is 6.92 Å². The normalized spacial score (nSPS) is 11.2. The van der Waals surface area contributed by atoms with Crippen molar-refractivity contribution in [2.75, 3.05) is 0 Å². The predicted molar refractivity (Wildman–Crippen MR) is 169 cm³/mol. The van der Waals surface area contributed by atoms with Crippen LogP contribution in [0.2, 0.25) is 5.02 Å². The standard InChI is InChI=1S/C35H27ClN4O2/c1-24-7-6-11-30(19-24)40-34(28-16-15-26-8-2-3-9-27(26)20-28)21-33(39-40)35(41)38-37-22-25-13-17-31(18-14-25)42-23-29-10-4-5-12-32(29)36/h2-22H,23H2,1H3,(H,38,41)/b37-22-. The predicted octanol–water partition coefficient (Wildman–Crippen LogP) is 8.00. The first-order chi connectivity index (χ1) is 20.5. The third kappa shape index (κ3) is 6.09. The molecule has 6 rings (SSSR count). The number of fused-ring (bicyclic) bond motifs is 1. The minimum absolute atomic E-state index is 0.264. The third-order valence-electron chi connectivity index (χ3n) is 6.85. The third-order valence-corrected chi connectivity index (χ3v) is 7.21. The van der Waals surface area contributed by atoms with Crippen molar-refractivity contribution in [3.05, 3.63) is 149 Å². The van der Waals surface area contributed by atoms with Crippen LogP contribution in [0.4, 0.5) is 0 Å². The SMILES string of the molecule is Cc1cccc(-n2nc(C(=O)N/N=C\c3ccc(OCc4ccccc4Cl)cc3)cc2-c2ccc3ccccc3c2)c1. The van der Waals surface area contributed by atoms with E-state index in [-0.39, 0.29) is 5.69 Å². The van der Waals surface area contributed by atoms with E-state index in [0.717, 1.165) is 44.4 Å². The second kappa shape index (κ2) is 12.1. The number of hydrogen-bond acceptors (Lipinski definition) is 4. The van der Waals surface area contributed by atoms with Crippen molar-refractivity contribution >= 4 is 34.5 Å². The fourth-order valence-corrected chi connectivity index (χ4v) is 4.84. The molecule has 1 amide bonds. The summed E-state index contributed by atoms with van der Waals surface area (Å²) in [6, 6.07) is 39.3. The van der Waals surface area contributed by atoms with E-state index in [9.17, 15) is 4.79 Å². The van der Waals surface area contributed by atoms with Crippen LogP contribution in [0.3, 0.4) is 0 Å². The van der Waals surface area contributed by atoms with Gasteiger partial charge in [0.1, 0.15) is 12.4 Å². The summed E-state index contributed by atoms with van der Waals surface area (Å²) in [6.45, 7) is 2.40. The molecule has 0 fully saturated rings. The van der Waals surface area contributed by atoms with E-state index in [1.807, 2.05) is 97.9 Å². The summed E-state index contributed by atoms with van der Waals surface area (Å²) in [5.74, 6) is 0.304. The molecule has 1 aromatic heterocycles. The van der Waals surface area contributed by atoms with Crippen molar-refractivity contribution in [3.63, 3.8) is 0 Å². The zero-order valence-corrected chi connectivity index (χ0v) is 23.6. The van der Waals surface area contributed by atoms with Crippen LogP contribution in [-0.4, -0.2) is 21.9 Å². The van der Waals surface area contributed by atoms with Gasteiger partial charge in [0.2, 0.25) is 0 Å². The number of aromatic nitrogens is 2. The van der Waals surface area contributed by atoms with Crippen molar-refractivity contribution < 1.29 is 9.53 Å². The van der Waals surface area contributed by atoms with Gasteiger partial charge >= 0.3 is 0 Å². The molecule has 1 heterocycles. The molecule has 6 nitrogen and oxygen atoms in total. The Bertz CT molecular complexity index is 1910. The van der Waals surface area contributed by atoms with E-state index < -0.39 is 5.91 Å². The number of ether oxygens (including phenoxy) is 1. The molecule has 0 aliphatic rings. The summed E-state index contributed by atoms with van der Waals surface area (Å²) in [6.07, 6.45) is 1.58. The summed E-state index contributed by atoms with van der Waals surface area (Å²) < 4.78 is 7.64. The first-order valence-electron chi connectivity index (χ1n) is 13.5. The number of carbonyl (C=O) groups is 1. The molecule has 0 radical (unpaired) electrons. The molecule has 0 aliphatic carbocycles. The summed E-state index contributed by atoms with van der Waals surface area (Å²) in [5, 5.41) is 11.8. The van der Waals surface area contributed by atoms with Gasteiger partial charge in [0.15, 0.2) is 5.69 Å². The number of benzene rings is 5. The first kappa shape index (κ1) is 27.0. The van der Waals surface area contributed by atoms with E-state index in [2.05, 4.69) is 39.9 Å². The van der Waals surface area contributed by atoms with Crippen LogP contribution in [0.1, 0.15) is 27.2 Å². The van der Waals surface area contributed by atoms with Crippen LogP contribution < -0.4 is 10.2 Å². The second-order valence-corrected chi connectivity index (χ2v) is 10.3. The largest absolute Gasteiger partial charge is 0.489 e. The van der Waals surface area contributed by atoms with Crippen molar-refractivity contribution in [3.8, 4) is 22.7 Å². The highest BCUT2D eigenvalue weighted by molar-refractivity contribution is 6.31. The van der Waals surface area contributed by atoms with Gasteiger partial charge in [-0.05, 0) is 83.4 Å². The Morgan fingerprint density at radius 2 is 1.67 bits per heavy atom. The Morgan fingerprint density at radius 3 is 2.48 bits per heavy atom. The summed E-state index contributed by atoms with van der Waals surface area (Å²) in [7, 11) is 0. The lowest BCUT2D eigenvalue weighted by Crippen LogP contribution is -2.18. The van der Waals surface area contributed by atoms with Gasteiger partial charge in [0.05, 0.1) is 17.6 Å². The van der Waals surface area contributed by atoms with Crippen LogP contribution in [-0.2, 0) is 6.61 Å². The average molecular weight is 571 g/mol. The number of hydrazone groups is 1. The number of aryl methyl sites for hydroxylation is 1. The molecule has 42 heavy (non-hydrogen) atoms. The van der Waals surface area contributed by atoms with Crippen LogP contribution >= 0.6 is 11.6 Å². The van der Waals surface area contributed by atoms with Gasteiger partial charge in [0, 0.05) is 16.1 Å². The summed E-state index contributed by atoms with van der Waals surface area (Å²) in [5.41, 5.74) is 8.34. The van der Waals surface area contributed by atoms with E-state index in [1.54, 1.807) is 17.0 Å². The highest BCUT2D eigenvalue weighted by Crippen LogP contribution is 2.28. The van der Waals surface area contributed by atoms with Gasteiger partial charge in [-0.2, -0.15) is 10.2 Å². The molecule has 5 aromatic carbocycles. The molecule has 0 spiro atoms. The number of amides is 1. The van der Waals surface area contributed by atoms with Crippen molar-refractivity contribution in [2.24, 2.45) is 5.10 Å². The van der Waals surface area contributed by atoms with Crippen LogP contribution in [0.15, 0.2) is 126 Å². The van der Waals surface area contributed by atoms with Crippen molar-refractivity contribution in [1.29, 1.82) is 0 Å². The number of nitrogens with one attached hydrogen (secondary N) is 1. The lowest BCUT2D eigenvalue weighted by Gasteiger charge is -2.09. The summed E-state index contributed by atoms with van der Waals surface area (Å²) >= 11 is 6.20. The lowest BCUT2D eigenvalue weighted by atomic mass is 10.0. The fraction of sp³-hybridized carbons (Fsp3) is 0.0571. The minimum atomic E-state index is -0.403. The van der Waals surface area contributed by atoms with E-state index in [4.69, 9.17) is 16.3 Å². The van der Waals surface area contributed by atoms with E-state index in [0.29, 0.717) is 17.4 Å². The Kier molecular flexibility index (Phi) is 7.79. The maximum absolute atomic E-state index is 13.1. The lowest BCUT2D eigenvalue weighted by molar-refractivity contribution is 0.0949. The van der Waals surface area contributed by atoms with Gasteiger partial charge in [-0.15, -0.1) is 0 Å². The molecule has 0 bridgehead atoms. The number of nitrogens with zero attached hydrogens (tertiary/aromatic N) is 3. The number of rotatable bonds is 8. The smallest absolute Gasteiger partial charge is 0.291 e. The highest BCUT2D eigenvalue weighted by atomic mass is 35.5. The van der Waals surface area contributed by atoms with Gasteiger partial charge < -0.3 is 4.74 Å². The topological polar surface area (TPSA) is 68.5 Å². The van der Waals surface area contributed by atoms with Crippen molar-refractivity contribution in [2.45, 2.75) is 13.5 Å². The molecule has 0 saturated heterocycles. The molecule has 0 saturated carbocycles. The molecule has 6 aromatic rings. The monoisotopic (exact) mass is 570 g/mol. The Balaban J connectivity index is 1.18. The van der Waals surface area contributed by atoms with E-state index >= 15 is 0 Å². The Labute approximate surface area is 248 Å². The molecular formula is C35H27ClN4O2. The number of hydrogen-bond donors (Lipinski definition) is 1. The fourth-order valence-electron chi connectivity index (χ4n) is 4.65. The quantitative estimate of drug-likeness (QED) is 0.149. The maximum Gasteiger partial charge on any atom is 0.291 e. The van der Waals surface area contributed by atoms with Gasteiger partial charge in [-0.3, -0.25) is 4.79 Å². The molecular weight excluding hydrogens is 544 g/mol. The molecule has 0 atom stereocenters. The second-order valence-electron chi connectivity index (χ2n) is 9.88. The minimum Gasteiger partial charge on any atom is -0.489 e. The zero-order valence-electron chi connectivity index (χ0n) is 22.9. The zero-order chi connectivity index (χ0) is 28.9. The van der Waals surface area contributed by atoms with Gasteiger partial charge in [0.25, 0.3) is 5.91 Å². The molecule has 7 heteroatoms. The highest BCUT2D eigenvalue weighted by Gasteiger charge is 2.17. The molecule has 0 aliphatic heterocycles. The average Bonchev–Trinajstić information content (AvgIpc) is 3.47. The molecule has 1 N–H and O–H groups in total. The molecule has 0 unspecified atom stereocenters. The van der Waals surface area contributed by atoms with Gasteiger partial charge in [-0.25, -0.2) is 10.1 Å². The first-order valence-corrected chi connectivity index (χ1v) is 13.9. The molecule has 206 valence electrons. The van der Waals surface area contributed by atoms with E-state index in [1.165, 1.54) is 0 Å². The maximum atomic E-state index is 13.1. The number of halogens is 1.